The molecule has 22 heavy (non-hydrogen) atoms. The van der Waals surface area contributed by atoms with Gasteiger partial charge >= 0.3 is 0 Å². The molecular weight excluding hydrogens is 270 g/mol. The molecule has 1 aromatic carbocycles. The second-order valence-electron chi connectivity index (χ2n) is 6.12. The standard InChI is InChI=1S/C12H13NO.C8H16/c1-3-9-8-10-6-4-5-7-11(10)13-12(9)14-2;1-2-8-6-4-3-5-7-8/h4-8H,3H2,1-2H3;8H,2-7H2,1H3. The van der Waals surface area contributed by atoms with Crippen LogP contribution in [0.1, 0.15) is 57.9 Å². The molecule has 0 amide bonds. The van der Waals surface area contributed by atoms with E-state index in [9.17, 15) is 0 Å². The minimum atomic E-state index is 0.742. The summed E-state index contributed by atoms with van der Waals surface area (Å²) in [6.45, 7) is 4.42. The topological polar surface area (TPSA) is 22.1 Å². The summed E-state index contributed by atoms with van der Waals surface area (Å²) in [5.74, 6) is 1.83. The summed E-state index contributed by atoms with van der Waals surface area (Å²) in [4.78, 5) is 4.44. The van der Waals surface area contributed by atoms with Crippen LogP contribution in [0.4, 0.5) is 0 Å². The lowest BCUT2D eigenvalue weighted by Gasteiger charge is -2.18. The number of aryl methyl sites for hydroxylation is 1. The maximum absolute atomic E-state index is 5.23. The molecule has 2 nitrogen and oxygen atoms in total. The maximum atomic E-state index is 5.23. The summed E-state index contributed by atoms with van der Waals surface area (Å²) in [7, 11) is 1.66. The molecule has 1 aliphatic rings. The van der Waals surface area contributed by atoms with Gasteiger partial charge in [-0.3, -0.25) is 0 Å². The Hall–Kier alpha value is -1.57. The van der Waals surface area contributed by atoms with E-state index in [2.05, 4.69) is 31.0 Å². The molecule has 0 bridgehead atoms. The van der Waals surface area contributed by atoms with E-state index in [-0.39, 0.29) is 0 Å². The van der Waals surface area contributed by atoms with Crippen molar-refractivity contribution in [3.63, 3.8) is 0 Å². The molecule has 0 aliphatic heterocycles. The molecule has 0 spiro atoms. The maximum Gasteiger partial charge on any atom is 0.216 e. The Morgan fingerprint density at radius 1 is 1.09 bits per heavy atom. The first-order valence-electron chi connectivity index (χ1n) is 8.71. The quantitative estimate of drug-likeness (QED) is 0.716. The number of hydrogen-bond donors (Lipinski definition) is 0. The highest BCUT2D eigenvalue weighted by molar-refractivity contribution is 5.79. The molecule has 0 unspecified atom stereocenters. The van der Waals surface area contributed by atoms with Crippen molar-refractivity contribution in [3.8, 4) is 5.88 Å². The molecule has 1 aromatic heterocycles. The fraction of sp³-hybridized carbons (Fsp3) is 0.550. The number of hydrogen-bond acceptors (Lipinski definition) is 2. The summed E-state index contributed by atoms with van der Waals surface area (Å²) in [5, 5.41) is 1.17. The molecule has 1 heterocycles. The molecule has 0 radical (unpaired) electrons. The minimum Gasteiger partial charge on any atom is -0.481 e. The molecule has 0 saturated heterocycles. The van der Waals surface area contributed by atoms with E-state index in [0.29, 0.717) is 0 Å². The summed E-state index contributed by atoms with van der Waals surface area (Å²) in [6.07, 6.45) is 9.88. The highest BCUT2D eigenvalue weighted by Crippen LogP contribution is 2.25. The third-order valence-electron chi connectivity index (χ3n) is 4.64. The first-order valence-corrected chi connectivity index (χ1v) is 8.71. The van der Waals surface area contributed by atoms with Gasteiger partial charge in [0.25, 0.3) is 0 Å². The second-order valence-corrected chi connectivity index (χ2v) is 6.12. The van der Waals surface area contributed by atoms with E-state index < -0.39 is 0 Å². The molecule has 3 rings (SSSR count). The Morgan fingerprint density at radius 3 is 2.41 bits per heavy atom. The molecule has 2 aromatic rings. The van der Waals surface area contributed by atoms with E-state index in [1.165, 1.54) is 43.9 Å². The van der Waals surface area contributed by atoms with Gasteiger partial charge in [-0.2, -0.15) is 0 Å². The Balaban J connectivity index is 0.000000188. The van der Waals surface area contributed by atoms with Crippen LogP contribution in [0.2, 0.25) is 0 Å². The van der Waals surface area contributed by atoms with Crippen LogP contribution in [-0.2, 0) is 6.42 Å². The molecular formula is C20H29NO. The van der Waals surface area contributed by atoms with Crippen molar-refractivity contribution in [2.45, 2.75) is 58.8 Å². The Morgan fingerprint density at radius 2 is 1.82 bits per heavy atom. The van der Waals surface area contributed by atoms with Crippen molar-refractivity contribution in [2.24, 2.45) is 5.92 Å². The van der Waals surface area contributed by atoms with Crippen molar-refractivity contribution in [3.05, 3.63) is 35.9 Å². The molecule has 0 N–H and O–H groups in total. The smallest absolute Gasteiger partial charge is 0.216 e. The van der Waals surface area contributed by atoms with E-state index >= 15 is 0 Å². The fourth-order valence-corrected chi connectivity index (χ4v) is 3.17. The third kappa shape index (κ3) is 4.46. The predicted molar refractivity (Wildman–Crippen MR) is 94.5 cm³/mol. The van der Waals surface area contributed by atoms with Gasteiger partial charge in [0.1, 0.15) is 0 Å². The van der Waals surface area contributed by atoms with Crippen molar-refractivity contribution in [2.75, 3.05) is 7.11 Å². The van der Waals surface area contributed by atoms with Crippen LogP contribution in [0.5, 0.6) is 5.88 Å². The highest BCUT2D eigenvalue weighted by Gasteiger charge is 2.09. The SMILES string of the molecule is CCC1CCCCC1.CCc1cc2ccccc2nc1OC. The van der Waals surface area contributed by atoms with Crippen molar-refractivity contribution in [1.29, 1.82) is 0 Å². The second kappa shape index (κ2) is 8.77. The normalized spacial score (nSPS) is 15.2. The van der Waals surface area contributed by atoms with Crippen LogP contribution in [0.3, 0.4) is 0 Å². The Labute approximate surface area is 134 Å². The van der Waals surface area contributed by atoms with Crippen molar-refractivity contribution in [1.82, 2.24) is 4.98 Å². The van der Waals surface area contributed by atoms with Gasteiger partial charge in [-0.05, 0) is 24.5 Å². The van der Waals surface area contributed by atoms with Gasteiger partial charge in [0.15, 0.2) is 0 Å². The number of methoxy groups -OCH3 is 1. The van der Waals surface area contributed by atoms with Crippen LogP contribution in [-0.4, -0.2) is 12.1 Å². The van der Waals surface area contributed by atoms with Crippen LogP contribution < -0.4 is 4.74 Å². The van der Waals surface area contributed by atoms with Gasteiger partial charge < -0.3 is 4.74 Å². The van der Waals surface area contributed by atoms with Gasteiger partial charge in [-0.25, -0.2) is 4.98 Å². The lowest BCUT2D eigenvalue weighted by molar-refractivity contribution is 0.349. The van der Waals surface area contributed by atoms with E-state index in [1.54, 1.807) is 7.11 Å². The fourth-order valence-electron chi connectivity index (χ4n) is 3.17. The van der Waals surface area contributed by atoms with Crippen LogP contribution in [0.25, 0.3) is 10.9 Å². The van der Waals surface area contributed by atoms with Crippen molar-refractivity contribution >= 4 is 10.9 Å². The van der Waals surface area contributed by atoms with E-state index in [1.807, 2.05) is 18.2 Å². The van der Waals surface area contributed by atoms with Gasteiger partial charge in [0.05, 0.1) is 12.6 Å². The molecule has 1 aliphatic carbocycles. The summed E-state index contributed by atoms with van der Waals surface area (Å²) in [6, 6.07) is 10.2. The van der Waals surface area contributed by atoms with E-state index in [0.717, 1.165) is 29.3 Å². The van der Waals surface area contributed by atoms with Gasteiger partial charge in [-0.15, -0.1) is 0 Å². The summed E-state index contributed by atoms with van der Waals surface area (Å²) < 4.78 is 5.23. The largest absolute Gasteiger partial charge is 0.481 e. The average molecular weight is 299 g/mol. The molecule has 1 fully saturated rings. The minimum absolute atomic E-state index is 0.742. The van der Waals surface area contributed by atoms with Gasteiger partial charge in [0.2, 0.25) is 5.88 Å². The number of rotatable bonds is 3. The molecule has 1 saturated carbocycles. The summed E-state index contributed by atoms with van der Waals surface area (Å²) in [5.41, 5.74) is 2.15. The molecule has 0 atom stereocenters. The molecule has 2 heteroatoms. The van der Waals surface area contributed by atoms with E-state index in [4.69, 9.17) is 4.74 Å². The number of aromatic nitrogens is 1. The lowest BCUT2D eigenvalue weighted by Crippen LogP contribution is -2.03. The number of para-hydroxylation sites is 1. The zero-order valence-electron chi connectivity index (χ0n) is 14.3. The summed E-state index contributed by atoms with van der Waals surface area (Å²) >= 11 is 0. The first-order chi connectivity index (χ1) is 10.8. The zero-order valence-corrected chi connectivity index (χ0v) is 14.3. The third-order valence-corrected chi connectivity index (χ3v) is 4.64. The van der Waals surface area contributed by atoms with Gasteiger partial charge in [0, 0.05) is 10.9 Å². The predicted octanol–water partition coefficient (Wildman–Crippen LogP) is 5.78. The lowest BCUT2D eigenvalue weighted by atomic mass is 9.88. The van der Waals surface area contributed by atoms with Crippen LogP contribution in [0, 0.1) is 5.92 Å². The van der Waals surface area contributed by atoms with Gasteiger partial charge in [-0.1, -0.05) is 70.6 Å². The molecule has 120 valence electrons. The number of pyridine rings is 1. The first kappa shape index (κ1) is 16.8. The average Bonchev–Trinajstić information content (AvgIpc) is 2.61. The Kier molecular flexibility index (Phi) is 6.70. The zero-order chi connectivity index (χ0) is 15.8. The van der Waals surface area contributed by atoms with Crippen LogP contribution >= 0.6 is 0 Å². The highest BCUT2D eigenvalue weighted by atomic mass is 16.5. The monoisotopic (exact) mass is 299 g/mol. The van der Waals surface area contributed by atoms with Crippen molar-refractivity contribution < 1.29 is 4.74 Å². The Bertz CT molecular complexity index is 530. The number of ether oxygens (including phenoxy) is 1. The number of nitrogens with zero attached hydrogens (tertiary/aromatic N) is 1. The number of benzene rings is 1. The number of fused-ring (bicyclic) bond motifs is 1. The van der Waals surface area contributed by atoms with Crippen LogP contribution in [0.15, 0.2) is 30.3 Å².